The Hall–Kier alpha value is -2.21. The number of hydrogen-bond donors (Lipinski definition) is 1. The number of nitrogens with one attached hydrogen (secondary N) is 1. The van der Waals surface area contributed by atoms with Gasteiger partial charge in [0.05, 0.1) is 6.42 Å². The number of rotatable bonds is 7. The standard InChI is InChI=1S/C18H23N3O2S/c1-4-13(2)21(17(23)10-15-8-6-5-7-9-15)12-16(22)20-18-19-11-14(3)24-18/h5-9,11,13H,4,10,12H2,1-3H3,(H,19,20,22)/t13-/m1/s1. The average molecular weight is 345 g/mol. The van der Waals surface area contributed by atoms with Crippen LogP contribution in [0.3, 0.4) is 0 Å². The Bertz CT molecular complexity index is 685. The molecule has 1 heterocycles. The number of aromatic nitrogens is 1. The van der Waals surface area contributed by atoms with E-state index in [4.69, 9.17) is 0 Å². The third-order valence-electron chi connectivity index (χ3n) is 3.82. The molecule has 0 radical (unpaired) electrons. The molecule has 0 fully saturated rings. The third-order valence-corrected chi connectivity index (χ3v) is 4.65. The second kappa shape index (κ2) is 8.59. The number of aryl methyl sites for hydroxylation is 1. The summed E-state index contributed by atoms with van der Waals surface area (Å²) in [5, 5.41) is 3.33. The van der Waals surface area contributed by atoms with E-state index in [0.29, 0.717) is 11.6 Å². The van der Waals surface area contributed by atoms with Gasteiger partial charge in [-0.25, -0.2) is 4.98 Å². The molecule has 0 aliphatic heterocycles. The summed E-state index contributed by atoms with van der Waals surface area (Å²) < 4.78 is 0. The smallest absolute Gasteiger partial charge is 0.245 e. The quantitative estimate of drug-likeness (QED) is 0.838. The van der Waals surface area contributed by atoms with Crippen LogP contribution in [-0.4, -0.2) is 34.3 Å². The van der Waals surface area contributed by atoms with Crippen molar-refractivity contribution >= 4 is 28.3 Å². The highest BCUT2D eigenvalue weighted by Gasteiger charge is 2.22. The summed E-state index contributed by atoms with van der Waals surface area (Å²) in [5.74, 6) is -0.257. The van der Waals surface area contributed by atoms with E-state index in [2.05, 4.69) is 10.3 Å². The second-order valence-electron chi connectivity index (χ2n) is 5.77. The number of benzene rings is 1. The molecule has 1 atom stereocenters. The number of amides is 2. The fourth-order valence-corrected chi connectivity index (χ4v) is 2.99. The molecule has 2 aromatic rings. The number of anilines is 1. The van der Waals surface area contributed by atoms with E-state index in [1.165, 1.54) is 11.3 Å². The largest absolute Gasteiger partial charge is 0.330 e. The van der Waals surface area contributed by atoms with Crippen molar-refractivity contribution in [1.29, 1.82) is 0 Å². The van der Waals surface area contributed by atoms with Gasteiger partial charge in [-0.15, -0.1) is 11.3 Å². The number of carbonyl (C=O) groups is 2. The first-order chi connectivity index (χ1) is 11.5. The predicted octanol–water partition coefficient (Wildman–Crippen LogP) is 3.26. The van der Waals surface area contributed by atoms with E-state index in [9.17, 15) is 9.59 Å². The van der Waals surface area contributed by atoms with E-state index >= 15 is 0 Å². The van der Waals surface area contributed by atoms with Crippen molar-refractivity contribution in [2.75, 3.05) is 11.9 Å². The van der Waals surface area contributed by atoms with Gasteiger partial charge in [-0.05, 0) is 25.8 Å². The van der Waals surface area contributed by atoms with Crippen LogP contribution in [0, 0.1) is 6.92 Å². The van der Waals surface area contributed by atoms with Crippen LogP contribution in [0.15, 0.2) is 36.5 Å². The summed E-state index contributed by atoms with van der Waals surface area (Å²) >= 11 is 1.42. The van der Waals surface area contributed by atoms with Gasteiger partial charge in [-0.2, -0.15) is 0 Å². The molecule has 1 aromatic carbocycles. The average Bonchev–Trinajstić information content (AvgIpc) is 2.97. The van der Waals surface area contributed by atoms with Crippen molar-refractivity contribution in [3.05, 3.63) is 47.0 Å². The van der Waals surface area contributed by atoms with Crippen LogP contribution in [0.2, 0.25) is 0 Å². The van der Waals surface area contributed by atoms with Crippen molar-refractivity contribution in [2.24, 2.45) is 0 Å². The zero-order valence-corrected chi connectivity index (χ0v) is 15.1. The van der Waals surface area contributed by atoms with E-state index in [1.807, 2.05) is 51.1 Å². The topological polar surface area (TPSA) is 62.3 Å². The summed E-state index contributed by atoms with van der Waals surface area (Å²) in [6, 6.07) is 9.59. The highest BCUT2D eigenvalue weighted by Crippen LogP contribution is 2.17. The van der Waals surface area contributed by atoms with E-state index in [-0.39, 0.29) is 24.4 Å². The maximum absolute atomic E-state index is 12.6. The lowest BCUT2D eigenvalue weighted by Gasteiger charge is -2.28. The molecular formula is C18H23N3O2S. The zero-order chi connectivity index (χ0) is 17.5. The first-order valence-electron chi connectivity index (χ1n) is 8.05. The summed E-state index contributed by atoms with van der Waals surface area (Å²) in [5.41, 5.74) is 0.951. The number of thiazole rings is 1. The molecule has 1 N–H and O–H groups in total. The lowest BCUT2D eigenvalue weighted by Crippen LogP contribution is -2.44. The van der Waals surface area contributed by atoms with E-state index in [0.717, 1.165) is 16.9 Å². The maximum atomic E-state index is 12.6. The van der Waals surface area contributed by atoms with Gasteiger partial charge in [0.15, 0.2) is 5.13 Å². The predicted molar refractivity (Wildman–Crippen MR) is 97.1 cm³/mol. The van der Waals surface area contributed by atoms with Crippen LogP contribution in [0.25, 0.3) is 0 Å². The van der Waals surface area contributed by atoms with Crippen LogP contribution in [-0.2, 0) is 16.0 Å². The molecule has 0 aliphatic rings. The highest BCUT2D eigenvalue weighted by molar-refractivity contribution is 7.15. The monoisotopic (exact) mass is 345 g/mol. The molecule has 0 aliphatic carbocycles. The molecule has 5 nitrogen and oxygen atoms in total. The molecular weight excluding hydrogens is 322 g/mol. The van der Waals surface area contributed by atoms with E-state index in [1.54, 1.807) is 11.1 Å². The molecule has 0 spiro atoms. The Balaban J connectivity index is 2.01. The summed E-state index contributed by atoms with van der Waals surface area (Å²) in [6.07, 6.45) is 2.81. The first-order valence-corrected chi connectivity index (χ1v) is 8.87. The van der Waals surface area contributed by atoms with Gasteiger partial charge >= 0.3 is 0 Å². The number of nitrogens with zero attached hydrogens (tertiary/aromatic N) is 2. The van der Waals surface area contributed by atoms with Crippen LogP contribution in [0.1, 0.15) is 30.7 Å². The molecule has 128 valence electrons. The van der Waals surface area contributed by atoms with Crippen molar-refractivity contribution in [3.63, 3.8) is 0 Å². The minimum Gasteiger partial charge on any atom is -0.330 e. The summed E-state index contributed by atoms with van der Waals surface area (Å²) in [6.45, 7) is 5.95. The van der Waals surface area contributed by atoms with Gasteiger partial charge in [0.1, 0.15) is 6.54 Å². The minimum absolute atomic E-state index is 0.00462. The molecule has 0 saturated carbocycles. The van der Waals surface area contributed by atoms with Crippen molar-refractivity contribution in [1.82, 2.24) is 9.88 Å². The molecule has 24 heavy (non-hydrogen) atoms. The maximum Gasteiger partial charge on any atom is 0.245 e. The van der Waals surface area contributed by atoms with Gasteiger partial charge in [0.25, 0.3) is 0 Å². The van der Waals surface area contributed by atoms with Crippen molar-refractivity contribution in [2.45, 2.75) is 39.7 Å². The third kappa shape index (κ3) is 5.16. The Kier molecular flexibility index (Phi) is 6.49. The second-order valence-corrected chi connectivity index (χ2v) is 7.00. The van der Waals surface area contributed by atoms with Gasteiger partial charge in [0.2, 0.25) is 11.8 Å². The highest BCUT2D eigenvalue weighted by atomic mass is 32.1. The van der Waals surface area contributed by atoms with Gasteiger partial charge < -0.3 is 10.2 Å². The molecule has 1 aromatic heterocycles. The fraction of sp³-hybridized carbons (Fsp3) is 0.389. The molecule has 6 heteroatoms. The Morgan fingerprint density at radius 2 is 2.00 bits per heavy atom. The van der Waals surface area contributed by atoms with Crippen LogP contribution in [0.4, 0.5) is 5.13 Å². The Morgan fingerprint density at radius 1 is 1.29 bits per heavy atom. The van der Waals surface area contributed by atoms with Crippen molar-refractivity contribution < 1.29 is 9.59 Å². The molecule has 0 bridgehead atoms. The first kappa shape index (κ1) is 18.1. The lowest BCUT2D eigenvalue weighted by molar-refractivity contribution is -0.136. The molecule has 2 amide bonds. The Morgan fingerprint density at radius 3 is 2.58 bits per heavy atom. The fourth-order valence-electron chi connectivity index (χ4n) is 2.31. The van der Waals surface area contributed by atoms with Gasteiger partial charge in [-0.3, -0.25) is 9.59 Å². The number of hydrogen-bond acceptors (Lipinski definition) is 4. The lowest BCUT2D eigenvalue weighted by atomic mass is 10.1. The molecule has 0 saturated heterocycles. The van der Waals surface area contributed by atoms with Crippen LogP contribution >= 0.6 is 11.3 Å². The Labute approximate surface area is 146 Å². The van der Waals surface area contributed by atoms with Crippen LogP contribution in [0.5, 0.6) is 0 Å². The zero-order valence-electron chi connectivity index (χ0n) is 14.3. The molecule has 0 unspecified atom stereocenters. The molecule has 2 rings (SSSR count). The SMILES string of the molecule is CC[C@@H](C)N(CC(=O)Nc1ncc(C)s1)C(=O)Cc1ccccc1. The van der Waals surface area contributed by atoms with Gasteiger partial charge in [-0.1, -0.05) is 37.3 Å². The number of carbonyl (C=O) groups excluding carboxylic acids is 2. The minimum atomic E-state index is -0.217. The van der Waals surface area contributed by atoms with Gasteiger partial charge in [0, 0.05) is 17.1 Å². The summed E-state index contributed by atoms with van der Waals surface area (Å²) in [7, 11) is 0. The van der Waals surface area contributed by atoms with E-state index < -0.39 is 0 Å². The normalized spacial score (nSPS) is 11.8. The summed E-state index contributed by atoms with van der Waals surface area (Å²) in [4.78, 5) is 31.7. The van der Waals surface area contributed by atoms with Crippen LogP contribution < -0.4 is 5.32 Å². The van der Waals surface area contributed by atoms with Crippen molar-refractivity contribution in [3.8, 4) is 0 Å².